The zero-order valence-corrected chi connectivity index (χ0v) is 15.7. The Labute approximate surface area is 136 Å². The number of H-pyrrole nitrogens is 1. The molecular formula is C13H18InN3O4. The van der Waals surface area contributed by atoms with Crippen molar-refractivity contribution in [2.24, 2.45) is 0 Å². The van der Waals surface area contributed by atoms with Gasteiger partial charge in [0.05, 0.1) is 6.61 Å². The minimum atomic E-state index is -0.563. The third-order valence-electron chi connectivity index (χ3n) is 2.79. The summed E-state index contributed by atoms with van der Waals surface area (Å²) in [6.45, 7) is 3.53. The summed E-state index contributed by atoms with van der Waals surface area (Å²) in [5.74, 6) is -0.563. The van der Waals surface area contributed by atoms with Gasteiger partial charge in [-0.3, -0.25) is 14.0 Å². The van der Waals surface area contributed by atoms with Gasteiger partial charge in [-0.15, -0.1) is 0 Å². The molecule has 7 nitrogen and oxygen atoms in total. The van der Waals surface area contributed by atoms with Gasteiger partial charge in [0, 0.05) is 6.20 Å². The van der Waals surface area contributed by atoms with Crippen LogP contribution in [0.5, 0.6) is 0 Å². The molecule has 0 saturated carbocycles. The first kappa shape index (κ1) is 17.6. The molecule has 0 atom stereocenters. The SMILES string of the molecule is CCOC(=O)Cn1[nH]c(=O)n2cc(CC)cc2c1=O.[CH3][In]. The monoisotopic (exact) mass is 395 g/mol. The molecule has 0 aliphatic rings. The minimum absolute atomic E-state index is 0.227. The molecule has 0 spiro atoms. The molecule has 2 aromatic heterocycles. The number of aromatic nitrogens is 3. The average Bonchev–Trinajstić information content (AvgIpc) is 2.92. The van der Waals surface area contributed by atoms with E-state index in [2.05, 4.69) is 9.78 Å². The van der Waals surface area contributed by atoms with Gasteiger partial charge in [0.1, 0.15) is 12.1 Å². The van der Waals surface area contributed by atoms with Gasteiger partial charge in [-0.05, 0) is 25.0 Å². The summed E-state index contributed by atoms with van der Waals surface area (Å²) in [7, 11) is 0. The zero-order valence-electron chi connectivity index (χ0n) is 12.4. The van der Waals surface area contributed by atoms with Gasteiger partial charge in [0.2, 0.25) is 0 Å². The molecule has 0 fully saturated rings. The van der Waals surface area contributed by atoms with Crippen LogP contribution in [0.15, 0.2) is 21.9 Å². The Morgan fingerprint density at radius 2 is 2.00 bits per heavy atom. The number of aromatic amines is 1. The van der Waals surface area contributed by atoms with Crippen LogP contribution in [0.25, 0.3) is 5.52 Å². The van der Waals surface area contributed by atoms with E-state index < -0.39 is 17.2 Å². The molecule has 8 heteroatoms. The average molecular weight is 395 g/mol. The summed E-state index contributed by atoms with van der Waals surface area (Å²) in [5, 5.41) is 2.36. The summed E-state index contributed by atoms with van der Waals surface area (Å²) in [6, 6.07) is 1.65. The molecule has 0 bridgehead atoms. The topological polar surface area (TPSA) is 85.6 Å². The molecule has 0 amide bonds. The molecule has 0 aromatic carbocycles. The maximum absolute atomic E-state index is 12.1. The first-order valence-corrected chi connectivity index (χ1v) is 9.93. The molecule has 0 aliphatic heterocycles. The van der Waals surface area contributed by atoms with E-state index in [4.69, 9.17) is 4.74 Å². The quantitative estimate of drug-likeness (QED) is 0.746. The fourth-order valence-electron chi connectivity index (χ4n) is 1.85. The predicted molar refractivity (Wildman–Crippen MR) is 79.9 cm³/mol. The Hall–Kier alpha value is -1.44. The molecule has 0 saturated heterocycles. The normalized spacial score (nSPS) is 10.0. The molecule has 112 valence electrons. The maximum atomic E-state index is 12.1. The number of carbonyl (C=O) groups is 1. The fourth-order valence-corrected chi connectivity index (χ4v) is 1.85. The van der Waals surface area contributed by atoms with Gasteiger partial charge in [-0.25, -0.2) is 14.6 Å². The molecule has 21 heavy (non-hydrogen) atoms. The molecule has 2 radical (unpaired) electrons. The van der Waals surface area contributed by atoms with Gasteiger partial charge < -0.3 is 4.74 Å². The van der Waals surface area contributed by atoms with Crippen LogP contribution in [0.2, 0.25) is 4.68 Å². The molecule has 0 aliphatic carbocycles. The Bertz CT molecular complexity index is 729. The van der Waals surface area contributed by atoms with Crippen LogP contribution in [-0.4, -0.2) is 51.1 Å². The number of ether oxygens (including phenoxy) is 1. The van der Waals surface area contributed by atoms with Crippen molar-refractivity contribution in [3.63, 3.8) is 0 Å². The summed E-state index contributed by atoms with van der Waals surface area (Å²) in [6.07, 6.45) is 2.34. The molecule has 2 aromatic rings. The van der Waals surface area contributed by atoms with E-state index in [0.717, 1.165) is 16.7 Å². The number of hydrogen-bond acceptors (Lipinski definition) is 4. The van der Waals surface area contributed by atoms with Crippen molar-refractivity contribution in [1.29, 1.82) is 0 Å². The Morgan fingerprint density at radius 1 is 1.33 bits per heavy atom. The van der Waals surface area contributed by atoms with Crippen LogP contribution < -0.4 is 11.2 Å². The van der Waals surface area contributed by atoms with Crippen LogP contribution in [-0.2, 0) is 22.5 Å². The van der Waals surface area contributed by atoms with E-state index in [1.807, 2.05) is 6.92 Å². The van der Waals surface area contributed by atoms with Gasteiger partial charge >= 0.3 is 40.7 Å². The second kappa shape index (κ2) is 8.11. The number of nitrogens with one attached hydrogen (secondary N) is 1. The Morgan fingerprint density at radius 3 is 2.57 bits per heavy atom. The number of hydrogen-bond donors (Lipinski definition) is 1. The third kappa shape index (κ3) is 4.03. The number of carbonyl (C=O) groups excluding carboxylic acids is 1. The van der Waals surface area contributed by atoms with Gasteiger partial charge in [-0.2, -0.15) is 0 Å². The molecule has 2 rings (SSSR count). The van der Waals surface area contributed by atoms with E-state index >= 15 is 0 Å². The number of fused-ring (bicyclic) bond motifs is 1. The van der Waals surface area contributed by atoms with Gasteiger partial charge in [-0.1, -0.05) is 6.92 Å². The van der Waals surface area contributed by atoms with Crippen LogP contribution >= 0.6 is 0 Å². The number of esters is 1. The zero-order chi connectivity index (χ0) is 16.0. The van der Waals surface area contributed by atoms with Crippen LogP contribution in [0.1, 0.15) is 19.4 Å². The summed E-state index contributed by atoms with van der Waals surface area (Å²) in [4.78, 5) is 35.3. The summed E-state index contributed by atoms with van der Waals surface area (Å²) < 4.78 is 9.10. The number of aryl methyl sites for hydroxylation is 1. The first-order chi connectivity index (χ1) is 10.1. The molecule has 1 N–H and O–H groups in total. The van der Waals surface area contributed by atoms with E-state index in [0.29, 0.717) is 0 Å². The van der Waals surface area contributed by atoms with Crippen LogP contribution in [0.3, 0.4) is 0 Å². The van der Waals surface area contributed by atoms with Crippen LogP contribution in [0, 0.1) is 0 Å². The molecular weight excluding hydrogens is 377 g/mol. The second-order valence-electron chi connectivity index (χ2n) is 4.07. The third-order valence-corrected chi connectivity index (χ3v) is 2.79. The standard InChI is InChI=1S/C12H15N3O4.CH3.In/c1-3-8-5-9-11(17)15(7-10(16)19-4-2)13-12(18)14(9)6-8;;/h5-6H,3-4,7H2,1-2H3,(H,13,18);1H3;. The van der Waals surface area contributed by atoms with Crippen molar-refractivity contribution in [3.05, 3.63) is 38.7 Å². The number of rotatable bonds is 4. The van der Waals surface area contributed by atoms with Crippen molar-refractivity contribution in [2.45, 2.75) is 31.5 Å². The van der Waals surface area contributed by atoms with E-state index in [9.17, 15) is 14.4 Å². The van der Waals surface area contributed by atoms with Gasteiger partial charge in [0.25, 0.3) is 5.56 Å². The van der Waals surface area contributed by atoms with Crippen molar-refractivity contribution in [2.75, 3.05) is 6.61 Å². The van der Waals surface area contributed by atoms with E-state index in [1.54, 1.807) is 19.2 Å². The van der Waals surface area contributed by atoms with Gasteiger partial charge in [0.15, 0.2) is 0 Å². The van der Waals surface area contributed by atoms with Crippen molar-refractivity contribution < 1.29 is 9.53 Å². The van der Waals surface area contributed by atoms with Crippen molar-refractivity contribution in [1.82, 2.24) is 14.2 Å². The van der Waals surface area contributed by atoms with Crippen molar-refractivity contribution in [3.8, 4) is 0 Å². The molecule has 2 heterocycles. The predicted octanol–water partition coefficient (Wildman–Crippen LogP) is 0.118. The Kier molecular flexibility index (Phi) is 6.80. The Balaban J connectivity index is 0.00000106. The summed E-state index contributed by atoms with van der Waals surface area (Å²) >= 11 is 1.35. The number of nitrogens with zero attached hydrogens (tertiary/aromatic N) is 2. The van der Waals surface area contributed by atoms with Crippen LogP contribution in [0.4, 0.5) is 0 Å². The first-order valence-electron chi connectivity index (χ1n) is 6.64. The molecule has 0 unspecified atom stereocenters. The fraction of sp³-hybridized carbons (Fsp3) is 0.462. The van der Waals surface area contributed by atoms with Crippen molar-refractivity contribution >= 4 is 35.9 Å². The van der Waals surface area contributed by atoms with E-state index in [-0.39, 0.29) is 18.7 Å². The summed E-state index contributed by atoms with van der Waals surface area (Å²) in [5.41, 5.74) is 0.257. The van der Waals surface area contributed by atoms with E-state index in [1.165, 1.54) is 28.8 Å². The second-order valence-corrected chi connectivity index (χ2v) is 4.07.